The van der Waals surface area contributed by atoms with Crippen molar-refractivity contribution in [2.75, 3.05) is 13.2 Å². The maximum Gasteiger partial charge on any atom is 0.275 e. The van der Waals surface area contributed by atoms with Gasteiger partial charge < -0.3 is 10.1 Å². The molecule has 5 nitrogen and oxygen atoms in total. The van der Waals surface area contributed by atoms with Gasteiger partial charge in [0.1, 0.15) is 0 Å². The predicted molar refractivity (Wildman–Crippen MR) is 80.1 cm³/mol. The van der Waals surface area contributed by atoms with Crippen LogP contribution in [0.15, 0.2) is 18.2 Å². The molecule has 1 aromatic rings. The van der Waals surface area contributed by atoms with E-state index in [4.69, 9.17) is 16.3 Å². The van der Waals surface area contributed by atoms with Crippen molar-refractivity contribution in [3.8, 4) is 0 Å². The van der Waals surface area contributed by atoms with E-state index in [-0.39, 0.29) is 11.8 Å². The van der Waals surface area contributed by atoms with E-state index in [1.54, 1.807) is 12.1 Å². The van der Waals surface area contributed by atoms with Gasteiger partial charge in [-0.25, -0.2) is 0 Å². The fraction of sp³-hybridized carbons (Fsp3) is 0.571. The molecule has 20 heavy (non-hydrogen) atoms. The van der Waals surface area contributed by atoms with Crippen LogP contribution < -0.4 is 5.32 Å². The molecule has 6 heteroatoms. The minimum atomic E-state index is -0.403. The number of hydrogen-bond donors (Lipinski definition) is 1. The lowest BCUT2D eigenvalue weighted by molar-refractivity contribution is -0.385. The average molecular weight is 301 g/mol. The second-order valence-electron chi connectivity index (χ2n) is 4.83. The summed E-state index contributed by atoms with van der Waals surface area (Å²) in [7, 11) is 0. The van der Waals surface area contributed by atoms with Crippen molar-refractivity contribution in [1.82, 2.24) is 5.32 Å². The summed E-state index contributed by atoms with van der Waals surface area (Å²) in [6.45, 7) is 6.05. The summed E-state index contributed by atoms with van der Waals surface area (Å²) in [6.07, 6.45) is 2.22. The molecule has 0 heterocycles. The third-order valence-electron chi connectivity index (χ3n) is 2.76. The lowest BCUT2D eigenvalue weighted by Crippen LogP contribution is -2.16. The molecule has 1 rings (SSSR count). The Balaban J connectivity index is 2.30. The van der Waals surface area contributed by atoms with Crippen LogP contribution in [0.4, 0.5) is 5.69 Å². The molecule has 0 aliphatic carbocycles. The van der Waals surface area contributed by atoms with Gasteiger partial charge in [-0.1, -0.05) is 11.6 Å². The molecule has 0 amide bonds. The van der Waals surface area contributed by atoms with Gasteiger partial charge in [0.05, 0.1) is 11.0 Å². The quantitative estimate of drug-likeness (QED) is 0.430. The van der Waals surface area contributed by atoms with Crippen molar-refractivity contribution in [3.63, 3.8) is 0 Å². The molecule has 0 aliphatic rings. The van der Waals surface area contributed by atoms with Crippen LogP contribution in [0, 0.1) is 10.1 Å². The van der Waals surface area contributed by atoms with Crippen molar-refractivity contribution in [3.05, 3.63) is 38.9 Å². The third-order valence-corrected chi connectivity index (χ3v) is 2.99. The molecule has 0 saturated carbocycles. The third kappa shape index (κ3) is 6.32. The van der Waals surface area contributed by atoms with Gasteiger partial charge in [0, 0.05) is 29.8 Å². The standard InChI is InChI=1S/C14H21ClN2O3/c1-11(2)20-8-4-3-7-16-10-12-5-6-13(15)9-14(12)17(18)19/h5-6,9,11,16H,3-4,7-8,10H2,1-2H3. The van der Waals surface area contributed by atoms with Gasteiger partial charge in [-0.15, -0.1) is 0 Å². The van der Waals surface area contributed by atoms with E-state index in [0.29, 0.717) is 17.1 Å². The number of nitro groups is 1. The van der Waals surface area contributed by atoms with Gasteiger partial charge in [-0.3, -0.25) is 10.1 Å². The van der Waals surface area contributed by atoms with Crippen LogP contribution in [0.3, 0.4) is 0 Å². The van der Waals surface area contributed by atoms with Crippen LogP contribution in [0.1, 0.15) is 32.3 Å². The summed E-state index contributed by atoms with van der Waals surface area (Å²) in [5.41, 5.74) is 0.714. The number of ether oxygens (including phenoxy) is 1. The van der Waals surface area contributed by atoms with E-state index in [2.05, 4.69) is 5.32 Å². The highest BCUT2D eigenvalue weighted by atomic mass is 35.5. The van der Waals surface area contributed by atoms with Crippen molar-refractivity contribution in [1.29, 1.82) is 0 Å². The van der Waals surface area contributed by atoms with Crippen LogP contribution in [-0.2, 0) is 11.3 Å². The lowest BCUT2D eigenvalue weighted by atomic mass is 10.2. The van der Waals surface area contributed by atoms with E-state index in [0.717, 1.165) is 26.0 Å². The molecule has 112 valence electrons. The minimum absolute atomic E-state index is 0.0631. The zero-order chi connectivity index (χ0) is 15.0. The summed E-state index contributed by atoms with van der Waals surface area (Å²) in [4.78, 5) is 10.5. The van der Waals surface area contributed by atoms with Gasteiger partial charge in [0.2, 0.25) is 0 Å². The van der Waals surface area contributed by atoms with Crippen molar-refractivity contribution in [2.24, 2.45) is 0 Å². The first-order valence-electron chi connectivity index (χ1n) is 6.76. The lowest BCUT2D eigenvalue weighted by Gasteiger charge is -2.08. The molecule has 0 saturated heterocycles. The average Bonchev–Trinajstić information content (AvgIpc) is 2.38. The Labute approximate surface area is 124 Å². The molecule has 1 aromatic carbocycles. The zero-order valence-electron chi connectivity index (χ0n) is 11.9. The maximum atomic E-state index is 10.9. The van der Waals surface area contributed by atoms with Gasteiger partial charge >= 0.3 is 0 Å². The molecule has 0 unspecified atom stereocenters. The van der Waals surface area contributed by atoms with Crippen LogP contribution in [-0.4, -0.2) is 24.2 Å². The number of hydrogen-bond acceptors (Lipinski definition) is 4. The number of nitrogens with zero attached hydrogens (tertiary/aromatic N) is 1. The summed E-state index contributed by atoms with van der Waals surface area (Å²) < 4.78 is 5.44. The Morgan fingerprint density at radius 1 is 1.40 bits per heavy atom. The maximum absolute atomic E-state index is 10.9. The number of unbranched alkanes of at least 4 members (excludes halogenated alkanes) is 1. The van der Waals surface area contributed by atoms with E-state index >= 15 is 0 Å². The molecular weight excluding hydrogens is 280 g/mol. The number of benzene rings is 1. The van der Waals surface area contributed by atoms with Gasteiger partial charge in [-0.05, 0) is 45.4 Å². The molecule has 0 atom stereocenters. The predicted octanol–water partition coefficient (Wildman–Crippen LogP) is 3.54. The first kappa shape index (κ1) is 16.9. The van der Waals surface area contributed by atoms with E-state index in [9.17, 15) is 10.1 Å². The topological polar surface area (TPSA) is 64.4 Å². The Kier molecular flexibility index (Phi) is 7.51. The van der Waals surface area contributed by atoms with Gasteiger partial charge in [0.15, 0.2) is 0 Å². The van der Waals surface area contributed by atoms with Crippen molar-refractivity contribution in [2.45, 2.75) is 39.3 Å². The van der Waals surface area contributed by atoms with Crippen LogP contribution in [0.5, 0.6) is 0 Å². The van der Waals surface area contributed by atoms with E-state index in [1.165, 1.54) is 6.07 Å². The zero-order valence-corrected chi connectivity index (χ0v) is 12.7. The fourth-order valence-corrected chi connectivity index (χ4v) is 1.92. The summed E-state index contributed by atoms with van der Waals surface area (Å²) in [6, 6.07) is 4.74. The van der Waals surface area contributed by atoms with Crippen LogP contribution in [0.2, 0.25) is 5.02 Å². The van der Waals surface area contributed by atoms with Crippen LogP contribution in [0.25, 0.3) is 0 Å². The fourth-order valence-electron chi connectivity index (χ4n) is 1.75. The van der Waals surface area contributed by atoms with Crippen molar-refractivity contribution < 1.29 is 9.66 Å². The molecule has 0 fully saturated rings. The number of halogens is 1. The monoisotopic (exact) mass is 300 g/mol. The first-order chi connectivity index (χ1) is 9.50. The molecule has 0 aromatic heterocycles. The number of nitrogens with one attached hydrogen (secondary N) is 1. The number of rotatable bonds is 9. The normalized spacial score (nSPS) is 11.0. The molecule has 0 radical (unpaired) electrons. The molecule has 0 aliphatic heterocycles. The Hall–Kier alpha value is -1.17. The molecule has 0 spiro atoms. The second kappa shape index (κ2) is 8.89. The van der Waals surface area contributed by atoms with Gasteiger partial charge in [0.25, 0.3) is 5.69 Å². The summed E-state index contributed by atoms with van der Waals surface area (Å²) in [5, 5.41) is 14.5. The summed E-state index contributed by atoms with van der Waals surface area (Å²) >= 11 is 5.77. The Bertz CT molecular complexity index is 438. The smallest absolute Gasteiger partial charge is 0.275 e. The molecular formula is C14H21ClN2O3. The highest BCUT2D eigenvalue weighted by Gasteiger charge is 2.13. The van der Waals surface area contributed by atoms with Crippen LogP contribution >= 0.6 is 11.6 Å². The Morgan fingerprint density at radius 3 is 2.80 bits per heavy atom. The SMILES string of the molecule is CC(C)OCCCCNCc1ccc(Cl)cc1[N+](=O)[O-]. The number of nitro benzene ring substituents is 1. The minimum Gasteiger partial charge on any atom is -0.379 e. The van der Waals surface area contributed by atoms with Gasteiger partial charge in [-0.2, -0.15) is 0 Å². The second-order valence-corrected chi connectivity index (χ2v) is 5.27. The van der Waals surface area contributed by atoms with E-state index in [1.807, 2.05) is 13.8 Å². The highest BCUT2D eigenvalue weighted by Crippen LogP contribution is 2.22. The van der Waals surface area contributed by atoms with E-state index < -0.39 is 4.92 Å². The van der Waals surface area contributed by atoms with Crippen molar-refractivity contribution >= 4 is 17.3 Å². The molecule has 1 N–H and O–H groups in total. The highest BCUT2D eigenvalue weighted by molar-refractivity contribution is 6.30. The first-order valence-corrected chi connectivity index (χ1v) is 7.13. The molecule has 0 bridgehead atoms. The largest absolute Gasteiger partial charge is 0.379 e. The summed E-state index contributed by atoms with van der Waals surface area (Å²) in [5.74, 6) is 0. The Morgan fingerprint density at radius 2 is 2.15 bits per heavy atom.